The minimum atomic E-state index is -1.60. The Morgan fingerprint density at radius 1 is 1.29 bits per heavy atom. The van der Waals surface area contributed by atoms with Gasteiger partial charge in [0.05, 0.1) is 21.5 Å². The number of non-ortho nitro benzene ring substituents is 1. The van der Waals surface area contributed by atoms with Crippen LogP contribution in [0.1, 0.15) is 11.6 Å². The molecule has 0 saturated carbocycles. The highest BCUT2D eigenvalue weighted by molar-refractivity contribution is 5.77. The van der Waals surface area contributed by atoms with Crippen LogP contribution in [0.5, 0.6) is 0 Å². The first-order valence-corrected chi connectivity index (χ1v) is 4.25. The number of nitro benzene ring substituents is 2. The van der Waals surface area contributed by atoms with E-state index in [-0.39, 0.29) is 5.56 Å². The minimum absolute atomic E-state index is 0.284. The van der Waals surface area contributed by atoms with Crippen LogP contribution in [0.2, 0.25) is 0 Å². The highest BCUT2D eigenvalue weighted by Crippen LogP contribution is 2.28. The van der Waals surface area contributed by atoms with Crippen molar-refractivity contribution >= 4 is 17.3 Å². The van der Waals surface area contributed by atoms with Crippen molar-refractivity contribution in [2.24, 2.45) is 5.73 Å². The van der Waals surface area contributed by atoms with Gasteiger partial charge in [0.2, 0.25) is 0 Å². The number of hydrogen-bond acceptors (Lipinski definition) is 6. The molecule has 0 bridgehead atoms. The van der Waals surface area contributed by atoms with E-state index in [1.165, 1.54) is 0 Å². The summed E-state index contributed by atoms with van der Waals surface area (Å²) in [6, 6.07) is 1.01. The Balaban J connectivity index is 3.37. The smallest absolute Gasteiger partial charge is 0.325 e. The van der Waals surface area contributed by atoms with Gasteiger partial charge in [-0.1, -0.05) is 0 Å². The van der Waals surface area contributed by atoms with E-state index >= 15 is 0 Å². The van der Waals surface area contributed by atoms with Crippen molar-refractivity contribution < 1.29 is 19.7 Å². The molecule has 9 heteroatoms. The number of nitro groups is 2. The molecule has 0 fully saturated rings. The third-order valence-electron chi connectivity index (χ3n) is 2.02. The Bertz CT molecular complexity index is 500. The molecular formula is C8H7N3O6. The molecule has 0 saturated heterocycles. The van der Waals surface area contributed by atoms with Crippen molar-refractivity contribution in [1.82, 2.24) is 0 Å². The largest absolute Gasteiger partial charge is 0.480 e. The zero-order valence-corrected chi connectivity index (χ0v) is 8.27. The molecular weight excluding hydrogens is 234 g/mol. The molecule has 0 amide bonds. The van der Waals surface area contributed by atoms with E-state index in [4.69, 9.17) is 10.8 Å². The van der Waals surface area contributed by atoms with Crippen molar-refractivity contribution in [3.8, 4) is 0 Å². The first kappa shape index (κ1) is 12.5. The van der Waals surface area contributed by atoms with E-state index in [1.807, 2.05) is 0 Å². The number of aliphatic carboxylic acids is 1. The number of benzene rings is 1. The van der Waals surface area contributed by atoms with Crippen LogP contribution in [0, 0.1) is 20.2 Å². The van der Waals surface area contributed by atoms with E-state index in [9.17, 15) is 25.0 Å². The number of carboxylic acids is 1. The van der Waals surface area contributed by atoms with Gasteiger partial charge in [-0.25, -0.2) is 0 Å². The maximum Gasteiger partial charge on any atom is 0.325 e. The molecule has 1 aromatic carbocycles. The average molecular weight is 241 g/mol. The van der Waals surface area contributed by atoms with Crippen molar-refractivity contribution in [1.29, 1.82) is 0 Å². The SMILES string of the molecule is N[C@H](C(=O)O)c1ccc([N+](=O)[O-])cc1[N+](=O)[O-]. The van der Waals surface area contributed by atoms with Crippen LogP contribution in [0.3, 0.4) is 0 Å². The molecule has 0 aliphatic heterocycles. The first-order valence-electron chi connectivity index (χ1n) is 4.25. The second-order valence-corrected chi connectivity index (χ2v) is 3.07. The molecule has 1 rings (SSSR count). The Labute approximate surface area is 93.8 Å². The quantitative estimate of drug-likeness (QED) is 0.578. The highest BCUT2D eigenvalue weighted by Gasteiger charge is 2.26. The van der Waals surface area contributed by atoms with Crippen molar-refractivity contribution in [2.45, 2.75) is 6.04 Å². The number of carbonyl (C=O) groups is 1. The fraction of sp³-hybridized carbons (Fsp3) is 0.125. The van der Waals surface area contributed by atoms with Crippen molar-refractivity contribution in [3.05, 3.63) is 44.0 Å². The summed E-state index contributed by atoms with van der Waals surface area (Å²) in [5.74, 6) is -1.46. The Morgan fingerprint density at radius 2 is 1.88 bits per heavy atom. The van der Waals surface area contributed by atoms with E-state index in [0.29, 0.717) is 6.07 Å². The molecule has 9 nitrogen and oxygen atoms in total. The molecule has 0 radical (unpaired) electrons. The first-order chi connectivity index (χ1) is 7.84. The molecule has 1 aromatic rings. The van der Waals surface area contributed by atoms with Crippen LogP contribution in [0.4, 0.5) is 11.4 Å². The minimum Gasteiger partial charge on any atom is -0.480 e. The summed E-state index contributed by atoms with van der Waals surface area (Å²) in [6.45, 7) is 0. The molecule has 0 spiro atoms. The van der Waals surface area contributed by atoms with E-state index in [2.05, 4.69) is 0 Å². The molecule has 90 valence electrons. The molecule has 1 atom stereocenters. The summed E-state index contributed by atoms with van der Waals surface area (Å²) in [5.41, 5.74) is 3.76. The summed E-state index contributed by atoms with van der Waals surface area (Å²) in [6.07, 6.45) is 0. The monoisotopic (exact) mass is 241 g/mol. The van der Waals surface area contributed by atoms with Crippen molar-refractivity contribution in [2.75, 3.05) is 0 Å². The van der Waals surface area contributed by atoms with Gasteiger partial charge in [-0.05, 0) is 6.07 Å². The van der Waals surface area contributed by atoms with Gasteiger partial charge in [0.1, 0.15) is 6.04 Å². The van der Waals surface area contributed by atoms with E-state index in [1.54, 1.807) is 0 Å². The lowest BCUT2D eigenvalue weighted by atomic mass is 10.1. The second kappa shape index (κ2) is 4.53. The highest BCUT2D eigenvalue weighted by atomic mass is 16.6. The summed E-state index contributed by atoms with van der Waals surface area (Å²) in [4.78, 5) is 30.0. The van der Waals surface area contributed by atoms with Gasteiger partial charge in [-0.3, -0.25) is 25.0 Å². The molecule has 0 aliphatic rings. The van der Waals surface area contributed by atoms with Crippen molar-refractivity contribution in [3.63, 3.8) is 0 Å². The maximum atomic E-state index is 10.7. The third-order valence-corrected chi connectivity index (χ3v) is 2.02. The fourth-order valence-electron chi connectivity index (χ4n) is 1.20. The number of rotatable bonds is 4. The van der Waals surface area contributed by atoms with Crippen LogP contribution in [-0.2, 0) is 4.79 Å². The fourth-order valence-corrected chi connectivity index (χ4v) is 1.20. The second-order valence-electron chi connectivity index (χ2n) is 3.07. The molecule has 0 unspecified atom stereocenters. The van der Waals surface area contributed by atoms with Gasteiger partial charge in [0.15, 0.2) is 0 Å². The normalized spacial score (nSPS) is 11.8. The molecule has 0 aliphatic carbocycles. The Kier molecular flexibility index (Phi) is 3.34. The standard InChI is InChI=1S/C8H7N3O6/c9-7(8(12)13)5-2-1-4(10(14)15)3-6(5)11(16)17/h1-3,7H,9H2,(H,12,13)/t7-/m0/s1. The number of nitrogens with two attached hydrogens (primary N) is 1. The average Bonchev–Trinajstić information content (AvgIpc) is 2.26. The van der Waals surface area contributed by atoms with Crippen LogP contribution in [-0.4, -0.2) is 20.9 Å². The van der Waals surface area contributed by atoms with E-state index in [0.717, 1.165) is 12.1 Å². The zero-order chi connectivity index (χ0) is 13.2. The van der Waals surface area contributed by atoms with Crippen LogP contribution >= 0.6 is 0 Å². The topological polar surface area (TPSA) is 150 Å². The predicted molar refractivity (Wildman–Crippen MR) is 54.3 cm³/mol. The Morgan fingerprint density at radius 3 is 2.29 bits per heavy atom. The predicted octanol–water partition coefficient (Wildman–Crippen LogP) is 0.587. The molecule has 17 heavy (non-hydrogen) atoms. The molecule has 0 aromatic heterocycles. The molecule has 0 heterocycles. The molecule has 3 N–H and O–H groups in total. The lowest BCUT2D eigenvalue weighted by molar-refractivity contribution is -0.394. The third kappa shape index (κ3) is 2.52. The summed E-state index contributed by atoms with van der Waals surface area (Å²) < 4.78 is 0. The van der Waals surface area contributed by atoms with Crippen LogP contribution in [0.15, 0.2) is 18.2 Å². The lowest BCUT2D eigenvalue weighted by Gasteiger charge is -2.06. The van der Waals surface area contributed by atoms with Gasteiger partial charge < -0.3 is 10.8 Å². The van der Waals surface area contributed by atoms with Gasteiger partial charge >= 0.3 is 5.97 Å². The number of hydrogen-bond donors (Lipinski definition) is 2. The maximum absolute atomic E-state index is 10.7. The van der Waals surface area contributed by atoms with Gasteiger partial charge in [-0.15, -0.1) is 0 Å². The van der Waals surface area contributed by atoms with Crippen LogP contribution < -0.4 is 5.73 Å². The summed E-state index contributed by atoms with van der Waals surface area (Å²) >= 11 is 0. The zero-order valence-electron chi connectivity index (χ0n) is 8.27. The lowest BCUT2D eigenvalue weighted by Crippen LogP contribution is -2.21. The van der Waals surface area contributed by atoms with Gasteiger partial charge in [0, 0.05) is 6.07 Å². The van der Waals surface area contributed by atoms with Gasteiger partial charge in [-0.2, -0.15) is 0 Å². The van der Waals surface area contributed by atoms with E-state index < -0.39 is 33.2 Å². The number of carboxylic acid groups (broad SMARTS) is 1. The van der Waals surface area contributed by atoms with Crippen LogP contribution in [0.25, 0.3) is 0 Å². The number of nitrogens with zero attached hydrogens (tertiary/aromatic N) is 2. The van der Waals surface area contributed by atoms with Gasteiger partial charge in [0.25, 0.3) is 11.4 Å². The Hall–Kier alpha value is -2.55. The summed E-state index contributed by atoms with van der Waals surface area (Å²) in [7, 11) is 0. The summed E-state index contributed by atoms with van der Waals surface area (Å²) in [5, 5.41) is 29.7.